The first-order chi connectivity index (χ1) is 14.3. The molecular weight excluding hydrogens is 433 g/mol. The Bertz CT molecular complexity index is 1180. The van der Waals surface area contributed by atoms with Crippen molar-refractivity contribution in [2.45, 2.75) is 13.1 Å². The Balaban J connectivity index is 1.52. The molecular formula is C20H13F3N4OS2. The monoisotopic (exact) mass is 446 g/mol. The van der Waals surface area contributed by atoms with E-state index < -0.39 is 11.7 Å². The number of alkyl halides is 3. The molecule has 2 aromatic carbocycles. The summed E-state index contributed by atoms with van der Waals surface area (Å²) in [4.78, 5) is 17.4. The van der Waals surface area contributed by atoms with E-state index in [2.05, 4.69) is 20.5 Å². The molecule has 2 aromatic heterocycles. The second kappa shape index (κ2) is 7.96. The maximum absolute atomic E-state index is 12.7. The Hall–Kier alpha value is -3.11. The quantitative estimate of drug-likeness (QED) is 0.423. The zero-order valence-electron chi connectivity index (χ0n) is 15.4. The predicted molar refractivity (Wildman–Crippen MR) is 111 cm³/mol. The number of halogens is 3. The minimum atomic E-state index is -4.40. The average Bonchev–Trinajstić information content (AvgIpc) is 3.35. The number of rotatable bonds is 4. The van der Waals surface area contributed by atoms with Gasteiger partial charge in [0.2, 0.25) is 5.13 Å². The highest BCUT2D eigenvalue weighted by Gasteiger charge is 2.30. The van der Waals surface area contributed by atoms with E-state index in [-0.39, 0.29) is 5.91 Å². The molecule has 0 atom stereocenters. The number of benzene rings is 2. The third-order valence-electron chi connectivity index (χ3n) is 4.13. The summed E-state index contributed by atoms with van der Waals surface area (Å²) in [5, 5.41) is 12.3. The molecule has 0 saturated heterocycles. The van der Waals surface area contributed by atoms with Crippen LogP contribution in [0.3, 0.4) is 0 Å². The molecule has 0 spiro atoms. The number of aromatic nitrogens is 3. The van der Waals surface area contributed by atoms with Crippen LogP contribution in [0.15, 0.2) is 54.6 Å². The third-order valence-corrected chi connectivity index (χ3v) is 6.22. The van der Waals surface area contributed by atoms with Crippen molar-refractivity contribution >= 4 is 33.7 Å². The Labute approximate surface area is 177 Å². The van der Waals surface area contributed by atoms with Crippen molar-refractivity contribution in [1.82, 2.24) is 15.2 Å². The number of aryl methyl sites for hydroxylation is 1. The summed E-state index contributed by atoms with van der Waals surface area (Å²) in [6.45, 7) is 1.68. The van der Waals surface area contributed by atoms with Gasteiger partial charge in [0.25, 0.3) is 5.91 Å². The molecule has 0 bridgehead atoms. The van der Waals surface area contributed by atoms with Crippen LogP contribution in [-0.2, 0) is 6.18 Å². The molecule has 0 radical (unpaired) electrons. The van der Waals surface area contributed by atoms with Gasteiger partial charge in [0.1, 0.15) is 14.9 Å². The lowest BCUT2D eigenvalue weighted by Gasteiger charge is -2.06. The summed E-state index contributed by atoms with van der Waals surface area (Å²) < 4.78 is 38.2. The van der Waals surface area contributed by atoms with Crippen LogP contribution in [0.2, 0.25) is 0 Å². The fourth-order valence-electron chi connectivity index (χ4n) is 2.66. The summed E-state index contributed by atoms with van der Waals surface area (Å²) in [5.74, 6) is -0.390. The van der Waals surface area contributed by atoms with Gasteiger partial charge in [0, 0.05) is 11.1 Å². The van der Waals surface area contributed by atoms with Crippen LogP contribution in [-0.4, -0.2) is 21.1 Å². The van der Waals surface area contributed by atoms with Gasteiger partial charge in [0.05, 0.1) is 11.3 Å². The van der Waals surface area contributed by atoms with Crippen molar-refractivity contribution in [3.05, 3.63) is 70.7 Å². The second-order valence-corrected chi connectivity index (χ2v) is 8.22. The second-order valence-electron chi connectivity index (χ2n) is 6.24. The van der Waals surface area contributed by atoms with Crippen LogP contribution in [0.1, 0.15) is 20.9 Å². The van der Waals surface area contributed by atoms with E-state index in [1.54, 1.807) is 6.92 Å². The third kappa shape index (κ3) is 4.24. The first-order valence-corrected chi connectivity index (χ1v) is 10.3. The van der Waals surface area contributed by atoms with Crippen molar-refractivity contribution in [3.8, 4) is 21.1 Å². The molecule has 2 heterocycles. The van der Waals surface area contributed by atoms with Crippen LogP contribution >= 0.6 is 22.7 Å². The van der Waals surface area contributed by atoms with Crippen LogP contribution in [0.4, 0.5) is 18.3 Å². The zero-order chi connectivity index (χ0) is 21.3. The van der Waals surface area contributed by atoms with Crippen molar-refractivity contribution in [1.29, 1.82) is 0 Å². The van der Waals surface area contributed by atoms with E-state index in [0.29, 0.717) is 31.3 Å². The normalized spacial score (nSPS) is 11.5. The summed E-state index contributed by atoms with van der Waals surface area (Å²) in [5.41, 5.74) is 1.16. The summed E-state index contributed by atoms with van der Waals surface area (Å²) in [6, 6.07) is 14.2. The molecule has 5 nitrogen and oxygen atoms in total. The first-order valence-electron chi connectivity index (χ1n) is 8.66. The summed E-state index contributed by atoms with van der Waals surface area (Å²) in [6.07, 6.45) is -4.40. The van der Waals surface area contributed by atoms with Gasteiger partial charge in [-0.25, -0.2) is 4.98 Å². The molecule has 10 heteroatoms. The molecule has 0 aliphatic carbocycles. The van der Waals surface area contributed by atoms with Gasteiger partial charge >= 0.3 is 6.18 Å². The van der Waals surface area contributed by atoms with E-state index >= 15 is 0 Å². The Morgan fingerprint density at radius 2 is 1.57 bits per heavy atom. The number of hydrogen-bond acceptors (Lipinski definition) is 6. The van der Waals surface area contributed by atoms with E-state index in [4.69, 9.17) is 0 Å². The van der Waals surface area contributed by atoms with Crippen molar-refractivity contribution in [2.75, 3.05) is 5.32 Å². The minimum Gasteiger partial charge on any atom is -0.296 e. The van der Waals surface area contributed by atoms with Gasteiger partial charge in [-0.3, -0.25) is 10.1 Å². The van der Waals surface area contributed by atoms with Crippen LogP contribution < -0.4 is 5.32 Å². The van der Waals surface area contributed by atoms with Gasteiger partial charge in [-0.05, 0) is 19.1 Å². The molecule has 30 heavy (non-hydrogen) atoms. The van der Waals surface area contributed by atoms with Gasteiger partial charge in [-0.2, -0.15) is 13.2 Å². The van der Waals surface area contributed by atoms with Gasteiger partial charge in [-0.1, -0.05) is 53.8 Å². The smallest absolute Gasteiger partial charge is 0.296 e. The maximum atomic E-state index is 12.7. The Morgan fingerprint density at radius 1 is 0.900 bits per heavy atom. The number of anilines is 1. The number of hydrogen-bond donors (Lipinski definition) is 1. The summed E-state index contributed by atoms with van der Waals surface area (Å²) in [7, 11) is 0. The van der Waals surface area contributed by atoms with Crippen LogP contribution in [0.25, 0.3) is 21.1 Å². The van der Waals surface area contributed by atoms with Crippen molar-refractivity contribution < 1.29 is 18.0 Å². The summed E-state index contributed by atoms with van der Waals surface area (Å²) >= 11 is 2.35. The minimum absolute atomic E-state index is 0.350. The molecule has 1 amide bonds. The van der Waals surface area contributed by atoms with Gasteiger partial charge in [0.15, 0.2) is 0 Å². The van der Waals surface area contributed by atoms with Gasteiger partial charge < -0.3 is 0 Å². The fraction of sp³-hybridized carbons (Fsp3) is 0.100. The Kier molecular flexibility index (Phi) is 5.35. The lowest BCUT2D eigenvalue weighted by molar-refractivity contribution is -0.137. The van der Waals surface area contributed by atoms with Gasteiger partial charge in [-0.15, -0.1) is 21.5 Å². The standard InChI is InChI=1S/C20H13F3N4OS2/c1-11-15(29-17(24-11)13-7-9-14(10-8-13)20(21,22)23)16(28)25-19-27-26-18(30-19)12-5-3-2-4-6-12/h2-10H,1H3,(H,25,27,28). The molecule has 0 aliphatic rings. The number of amides is 1. The topological polar surface area (TPSA) is 67.8 Å². The SMILES string of the molecule is Cc1nc(-c2ccc(C(F)(F)F)cc2)sc1C(=O)Nc1nnc(-c2ccccc2)s1. The van der Waals surface area contributed by atoms with E-state index in [1.165, 1.54) is 23.5 Å². The van der Waals surface area contributed by atoms with Crippen LogP contribution in [0, 0.1) is 6.92 Å². The highest BCUT2D eigenvalue weighted by atomic mass is 32.1. The molecule has 0 unspecified atom stereocenters. The number of carbonyl (C=O) groups excluding carboxylic acids is 1. The highest BCUT2D eigenvalue weighted by Crippen LogP contribution is 2.33. The molecule has 4 aromatic rings. The molecule has 0 saturated carbocycles. The molecule has 0 aliphatic heterocycles. The Morgan fingerprint density at radius 3 is 2.23 bits per heavy atom. The average molecular weight is 446 g/mol. The largest absolute Gasteiger partial charge is 0.416 e. The molecule has 0 fully saturated rings. The lowest BCUT2D eigenvalue weighted by atomic mass is 10.1. The maximum Gasteiger partial charge on any atom is 0.416 e. The number of carbonyl (C=O) groups is 1. The van der Waals surface area contributed by atoms with E-state index in [9.17, 15) is 18.0 Å². The fourth-order valence-corrected chi connectivity index (χ4v) is 4.37. The molecule has 4 rings (SSSR count). The predicted octanol–water partition coefficient (Wildman–Crippen LogP) is 5.91. The molecule has 152 valence electrons. The number of nitrogens with zero attached hydrogens (tertiary/aromatic N) is 3. The van der Waals surface area contributed by atoms with Crippen molar-refractivity contribution in [3.63, 3.8) is 0 Å². The number of thiazole rings is 1. The van der Waals surface area contributed by atoms with Crippen LogP contribution in [0.5, 0.6) is 0 Å². The zero-order valence-corrected chi connectivity index (χ0v) is 17.0. The first kappa shape index (κ1) is 20.2. The van der Waals surface area contributed by atoms with Crippen molar-refractivity contribution in [2.24, 2.45) is 0 Å². The highest BCUT2D eigenvalue weighted by molar-refractivity contribution is 7.19. The van der Waals surface area contributed by atoms with E-state index in [1.807, 2.05) is 30.3 Å². The van der Waals surface area contributed by atoms with E-state index in [0.717, 1.165) is 29.0 Å². The number of nitrogens with one attached hydrogen (secondary N) is 1. The lowest BCUT2D eigenvalue weighted by Crippen LogP contribution is -2.11. The molecule has 1 N–H and O–H groups in total.